The van der Waals surface area contributed by atoms with Crippen LogP contribution in [0.25, 0.3) is 0 Å². The van der Waals surface area contributed by atoms with Crippen LogP contribution in [0, 0.1) is 11.3 Å². The van der Waals surface area contributed by atoms with Gasteiger partial charge in [0.05, 0.1) is 0 Å². The van der Waals surface area contributed by atoms with Gasteiger partial charge in [0.2, 0.25) is 11.8 Å². The molecule has 6 heteroatoms. The van der Waals surface area contributed by atoms with E-state index in [0.717, 1.165) is 18.4 Å². The Labute approximate surface area is 123 Å². The molecule has 6 nitrogen and oxygen atoms in total. The number of amidine groups is 1. The van der Waals surface area contributed by atoms with Gasteiger partial charge in [0, 0.05) is 18.7 Å². The molecule has 1 aliphatic heterocycles. The molecule has 0 aliphatic carbocycles. The number of rotatable bonds is 4. The number of benzene rings is 1. The molecule has 1 aromatic rings. The van der Waals surface area contributed by atoms with Gasteiger partial charge in [-0.3, -0.25) is 15.0 Å². The molecule has 1 fully saturated rings. The third-order valence-electron chi connectivity index (χ3n) is 3.74. The van der Waals surface area contributed by atoms with Gasteiger partial charge in [0.25, 0.3) is 0 Å². The van der Waals surface area contributed by atoms with Gasteiger partial charge in [0.1, 0.15) is 11.8 Å². The molecule has 0 aromatic heterocycles. The van der Waals surface area contributed by atoms with Gasteiger partial charge in [-0.2, -0.15) is 0 Å². The van der Waals surface area contributed by atoms with Crippen LogP contribution in [0.2, 0.25) is 0 Å². The van der Waals surface area contributed by atoms with E-state index in [-0.39, 0.29) is 11.7 Å². The Morgan fingerprint density at radius 3 is 2.76 bits per heavy atom. The number of likely N-dealkylation sites (tertiary alicyclic amines) is 1. The van der Waals surface area contributed by atoms with E-state index in [1.165, 1.54) is 0 Å². The first-order valence-corrected chi connectivity index (χ1v) is 7.00. The van der Waals surface area contributed by atoms with E-state index < -0.39 is 11.8 Å². The largest absolute Gasteiger partial charge is 0.384 e. The number of nitrogens with zero attached hydrogens (tertiary/aromatic N) is 1. The molecule has 1 aromatic carbocycles. The summed E-state index contributed by atoms with van der Waals surface area (Å²) in [7, 11) is 0. The van der Waals surface area contributed by atoms with Gasteiger partial charge in [-0.15, -0.1) is 0 Å². The fourth-order valence-corrected chi connectivity index (χ4v) is 2.58. The third kappa shape index (κ3) is 3.59. The van der Waals surface area contributed by atoms with E-state index in [2.05, 4.69) is 0 Å². The minimum Gasteiger partial charge on any atom is -0.384 e. The number of nitrogens with two attached hydrogens (primary N) is 2. The van der Waals surface area contributed by atoms with Crippen LogP contribution in [0.4, 0.5) is 0 Å². The molecule has 1 atom stereocenters. The van der Waals surface area contributed by atoms with Gasteiger partial charge < -0.3 is 16.4 Å². The lowest BCUT2D eigenvalue weighted by atomic mass is 10.0. The second kappa shape index (κ2) is 6.39. The number of hydrogen-bond acceptors (Lipinski definition) is 3. The topological polar surface area (TPSA) is 113 Å². The third-order valence-corrected chi connectivity index (χ3v) is 3.74. The normalized spacial score (nSPS) is 19.1. The van der Waals surface area contributed by atoms with E-state index in [1.807, 2.05) is 6.07 Å². The maximum Gasteiger partial charge on any atom is 0.235 e. The smallest absolute Gasteiger partial charge is 0.235 e. The highest BCUT2D eigenvalue weighted by Gasteiger charge is 2.30. The summed E-state index contributed by atoms with van der Waals surface area (Å²) in [5, 5.41) is 7.45. The van der Waals surface area contributed by atoms with Crippen LogP contribution in [0.15, 0.2) is 24.3 Å². The zero-order valence-electron chi connectivity index (χ0n) is 11.8. The molecule has 0 unspecified atom stereocenters. The van der Waals surface area contributed by atoms with Crippen molar-refractivity contribution in [3.8, 4) is 0 Å². The van der Waals surface area contributed by atoms with Crippen molar-refractivity contribution in [2.45, 2.75) is 25.8 Å². The lowest BCUT2D eigenvalue weighted by molar-refractivity contribution is -0.140. The monoisotopic (exact) mass is 288 g/mol. The summed E-state index contributed by atoms with van der Waals surface area (Å²) < 4.78 is 0. The first-order valence-electron chi connectivity index (χ1n) is 7.00. The maximum absolute atomic E-state index is 12.4. The van der Waals surface area contributed by atoms with Crippen molar-refractivity contribution in [1.29, 1.82) is 5.41 Å². The van der Waals surface area contributed by atoms with E-state index in [4.69, 9.17) is 16.9 Å². The summed E-state index contributed by atoms with van der Waals surface area (Å²) in [5.74, 6) is -1.48. The summed E-state index contributed by atoms with van der Waals surface area (Å²) >= 11 is 0. The van der Waals surface area contributed by atoms with Crippen LogP contribution in [0.1, 0.15) is 30.4 Å². The average molecular weight is 288 g/mol. The van der Waals surface area contributed by atoms with E-state index in [1.54, 1.807) is 23.1 Å². The molecule has 0 radical (unpaired) electrons. The second-order valence-electron chi connectivity index (χ2n) is 5.32. The van der Waals surface area contributed by atoms with Gasteiger partial charge >= 0.3 is 0 Å². The van der Waals surface area contributed by atoms with Crippen LogP contribution < -0.4 is 11.5 Å². The van der Waals surface area contributed by atoms with Crippen molar-refractivity contribution in [2.24, 2.45) is 17.4 Å². The lowest BCUT2D eigenvalue weighted by Gasteiger charge is -2.23. The predicted octanol–water partition coefficient (Wildman–Crippen LogP) is 0.585. The molecule has 2 amide bonds. The predicted molar refractivity (Wildman–Crippen MR) is 79.4 cm³/mol. The minimum absolute atomic E-state index is 0.00550. The van der Waals surface area contributed by atoms with E-state index in [0.29, 0.717) is 25.1 Å². The van der Waals surface area contributed by atoms with Gasteiger partial charge in [-0.25, -0.2) is 0 Å². The maximum atomic E-state index is 12.4. The fourth-order valence-electron chi connectivity index (χ4n) is 2.58. The summed E-state index contributed by atoms with van der Waals surface area (Å²) in [6.45, 7) is 1.02. The summed E-state index contributed by atoms with van der Waals surface area (Å²) in [4.78, 5) is 25.4. The lowest BCUT2D eigenvalue weighted by Crippen LogP contribution is -2.40. The second-order valence-corrected chi connectivity index (χ2v) is 5.32. The Bertz CT molecular complexity index is 571. The molecule has 2 rings (SSSR count). The van der Waals surface area contributed by atoms with E-state index in [9.17, 15) is 9.59 Å². The first-order chi connectivity index (χ1) is 9.99. The van der Waals surface area contributed by atoms with Crippen molar-refractivity contribution in [1.82, 2.24) is 4.90 Å². The van der Waals surface area contributed by atoms with Crippen LogP contribution in [-0.2, 0) is 16.1 Å². The molecule has 5 N–H and O–H groups in total. The molecule has 1 saturated heterocycles. The summed E-state index contributed by atoms with van der Waals surface area (Å²) in [5.41, 5.74) is 12.3. The molecule has 0 bridgehead atoms. The molecule has 21 heavy (non-hydrogen) atoms. The summed E-state index contributed by atoms with van der Waals surface area (Å²) in [6.07, 6.45) is 2.21. The number of hydrogen-bond donors (Lipinski definition) is 3. The van der Waals surface area contributed by atoms with Gasteiger partial charge in [-0.1, -0.05) is 24.6 Å². The van der Waals surface area contributed by atoms with Gasteiger partial charge in [-0.05, 0) is 24.5 Å². The number of nitrogen functional groups attached to an aromatic ring is 1. The summed E-state index contributed by atoms with van der Waals surface area (Å²) in [6, 6.07) is 7.23. The molecule has 112 valence electrons. The zero-order valence-corrected chi connectivity index (χ0v) is 11.8. The van der Waals surface area contributed by atoms with Gasteiger partial charge in [0.15, 0.2) is 0 Å². The first kappa shape index (κ1) is 15.0. The van der Waals surface area contributed by atoms with Crippen LogP contribution >= 0.6 is 0 Å². The van der Waals surface area contributed by atoms with Crippen LogP contribution in [-0.4, -0.2) is 29.1 Å². The highest BCUT2D eigenvalue weighted by molar-refractivity contribution is 5.99. The minimum atomic E-state index is -0.719. The number of nitrogens with one attached hydrogen (secondary N) is 1. The van der Waals surface area contributed by atoms with Crippen LogP contribution in [0.5, 0.6) is 0 Å². The van der Waals surface area contributed by atoms with Crippen molar-refractivity contribution in [3.05, 3.63) is 35.4 Å². The van der Waals surface area contributed by atoms with E-state index >= 15 is 0 Å². The molecular formula is C15H20N4O2. The molecular weight excluding hydrogens is 268 g/mol. The highest BCUT2D eigenvalue weighted by atomic mass is 16.2. The van der Waals surface area contributed by atoms with Crippen molar-refractivity contribution < 1.29 is 9.59 Å². The Balaban J connectivity index is 2.17. The van der Waals surface area contributed by atoms with Crippen molar-refractivity contribution in [2.75, 3.05) is 6.54 Å². The number of primary amides is 1. The Morgan fingerprint density at radius 2 is 2.10 bits per heavy atom. The number of amides is 2. The van der Waals surface area contributed by atoms with Crippen LogP contribution in [0.3, 0.4) is 0 Å². The quantitative estimate of drug-likeness (QED) is 0.428. The highest BCUT2D eigenvalue weighted by Crippen LogP contribution is 2.20. The fraction of sp³-hybridized carbons (Fsp3) is 0.400. The average Bonchev–Trinajstić information content (AvgIpc) is 2.62. The van der Waals surface area contributed by atoms with Crippen molar-refractivity contribution >= 4 is 17.6 Å². The Kier molecular flexibility index (Phi) is 4.57. The number of carbonyl (C=O) groups excluding carboxylic acids is 2. The molecule has 1 aliphatic rings. The molecule has 0 spiro atoms. The number of carbonyl (C=O) groups is 2. The molecule has 1 heterocycles. The zero-order chi connectivity index (χ0) is 15.4. The standard InChI is InChI=1S/C15H20N4O2/c16-13(17)11-5-3-4-10(8-11)9-19-7-2-1-6-12(14(18)20)15(19)21/h3-5,8,12H,1-2,6-7,9H2,(H3,16,17)(H2,18,20)/t12-/m0/s1. The Hall–Kier alpha value is -2.37. The SMILES string of the molecule is N=C(N)c1cccc(CN2CCCC[C@@H](C(N)=O)C2=O)c1. The Morgan fingerprint density at radius 1 is 1.33 bits per heavy atom. The molecule has 0 saturated carbocycles. The van der Waals surface area contributed by atoms with Crippen molar-refractivity contribution in [3.63, 3.8) is 0 Å².